The number of carbonyl (C=O) groups excluding carboxylic acids is 1. The lowest BCUT2D eigenvalue weighted by molar-refractivity contribution is 0.0602. The molecule has 2 fully saturated rings. The molecule has 1 atom stereocenters. The molecule has 0 saturated carbocycles. The molecule has 2 N–H and O–H groups in total. The van der Waals surface area contributed by atoms with Crippen molar-refractivity contribution in [3.05, 3.63) is 76.2 Å². The molecule has 3 aromatic rings. The molecule has 3 heterocycles. The Hall–Kier alpha value is -3.76. The average molecular weight is 440 g/mol. The average Bonchev–Trinajstić information content (AvgIpc) is 3.48. The molecule has 0 aliphatic carbocycles. The van der Waals surface area contributed by atoms with Gasteiger partial charge in [0, 0.05) is 43.0 Å². The number of aromatic amines is 1. The maximum atomic E-state index is 13.2. The van der Waals surface area contributed by atoms with Gasteiger partial charge >= 0.3 is 0 Å². The number of hydrogen-bond acceptors (Lipinski definition) is 5. The highest BCUT2D eigenvalue weighted by molar-refractivity contribution is 5.97. The first-order valence-corrected chi connectivity index (χ1v) is 11.2. The third-order valence-corrected chi connectivity index (χ3v) is 6.56. The molecule has 2 aliphatic rings. The van der Waals surface area contributed by atoms with Crippen LogP contribution in [0, 0.1) is 23.7 Å². The summed E-state index contributed by atoms with van der Waals surface area (Å²) in [4.78, 5) is 22.9. The van der Waals surface area contributed by atoms with Gasteiger partial charge in [-0.05, 0) is 55.2 Å². The third-order valence-electron chi connectivity index (χ3n) is 6.56. The summed E-state index contributed by atoms with van der Waals surface area (Å²) in [6.07, 6.45) is 3.10. The zero-order valence-corrected chi connectivity index (χ0v) is 18.5. The summed E-state index contributed by atoms with van der Waals surface area (Å²) in [6.45, 7) is 4.04. The summed E-state index contributed by atoms with van der Waals surface area (Å²) >= 11 is 0. The van der Waals surface area contributed by atoms with Gasteiger partial charge in [0.25, 0.3) is 5.91 Å². The number of nitrogens with zero attached hydrogens (tertiary/aromatic N) is 3. The lowest BCUT2D eigenvalue weighted by Gasteiger charge is -2.39. The zero-order valence-electron chi connectivity index (χ0n) is 18.5. The van der Waals surface area contributed by atoms with Gasteiger partial charge in [-0.2, -0.15) is 5.26 Å². The number of benzene rings is 2. The second-order valence-corrected chi connectivity index (χ2v) is 8.70. The smallest absolute Gasteiger partial charge is 0.253 e. The Morgan fingerprint density at radius 3 is 2.73 bits per heavy atom. The number of amides is 1. The Balaban J connectivity index is 1.35. The number of nitrogens with one attached hydrogen (secondary N) is 2. The van der Waals surface area contributed by atoms with Crippen molar-refractivity contribution in [2.24, 2.45) is 0 Å². The van der Waals surface area contributed by atoms with Crippen molar-refractivity contribution < 1.29 is 9.53 Å². The van der Waals surface area contributed by atoms with E-state index in [1.54, 1.807) is 0 Å². The predicted molar refractivity (Wildman–Crippen MR) is 124 cm³/mol. The van der Waals surface area contributed by atoms with E-state index in [-0.39, 0.29) is 17.9 Å². The van der Waals surface area contributed by atoms with Crippen molar-refractivity contribution >= 4 is 12.1 Å². The monoisotopic (exact) mass is 439 g/mol. The molecule has 2 saturated heterocycles. The molecule has 5 rings (SSSR count). The molecule has 7 nitrogen and oxygen atoms in total. The minimum absolute atomic E-state index is 0.00332. The summed E-state index contributed by atoms with van der Waals surface area (Å²) in [5.41, 5.74) is 5.61. The first kappa shape index (κ1) is 21.1. The van der Waals surface area contributed by atoms with Crippen molar-refractivity contribution in [1.29, 1.82) is 10.7 Å². The van der Waals surface area contributed by atoms with Crippen molar-refractivity contribution in [3.63, 3.8) is 0 Å². The maximum absolute atomic E-state index is 13.2. The van der Waals surface area contributed by atoms with Crippen LogP contribution in [-0.2, 0) is 4.74 Å². The maximum Gasteiger partial charge on any atom is 0.253 e. The highest BCUT2D eigenvalue weighted by Gasteiger charge is 2.32. The number of carbonyl (C=O) groups is 1. The lowest BCUT2D eigenvalue weighted by Crippen LogP contribution is -2.48. The minimum Gasteiger partial charge on any atom is -0.370 e. The fraction of sp³-hybridized carbons (Fsp3) is 0.308. The number of ether oxygens (including phenoxy) is 1. The van der Waals surface area contributed by atoms with Crippen LogP contribution in [0.5, 0.6) is 0 Å². The number of aromatic nitrogens is 2. The van der Waals surface area contributed by atoms with E-state index in [9.17, 15) is 4.79 Å². The molecule has 33 heavy (non-hydrogen) atoms. The molecule has 0 radical (unpaired) electrons. The van der Waals surface area contributed by atoms with Crippen LogP contribution in [0.4, 0.5) is 0 Å². The summed E-state index contributed by atoms with van der Waals surface area (Å²) in [7, 11) is 0. The van der Waals surface area contributed by atoms with Crippen molar-refractivity contribution in [1.82, 2.24) is 14.9 Å². The Morgan fingerprint density at radius 2 is 2.06 bits per heavy atom. The molecule has 0 spiro atoms. The van der Waals surface area contributed by atoms with Gasteiger partial charge < -0.3 is 20.0 Å². The Kier molecular flexibility index (Phi) is 5.53. The first-order valence-electron chi connectivity index (χ1n) is 11.2. The quantitative estimate of drug-likeness (QED) is 0.577. The number of imidazole rings is 1. The SMILES string of the molecule is Cc1ccc(C(=O)N2CC(c3ccc(C#N)cc3)C2)cc1-c1[nH]c(C2CCCO2)nc1C=N. The molecule has 2 aliphatic heterocycles. The van der Waals surface area contributed by atoms with E-state index >= 15 is 0 Å². The molecule has 166 valence electrons. The molecule has 1 amide bonds. The second-order valence-electron chi connectivity index (χ2n) is 8.70. The normalized spacial score (nSPS) is 18.1. The van der Waals surface area contributed by atoms with Crippen LogP contribution in [0.1, 0.15) is 63.4 Å². The zero-order chi connectivity index (χ0) is 22.9. The fourth-order valence-electron chi connectivity index (χ4n) is 4.55. The Labute approximate surface area is 192 Å². The van der Waals surface area contributed by atoms with Crippen LogP contribution < -0.4 is 0 Å². The van der Waals surface area contributed by atoms with Gasteiger partial charge in [0.1, 0.15) is 17.6 Å². The second kappa shape index (κ2) is 8.64. The molecule has 2 aromatic carbocycles. The van der Waals surface area contributed by atoms with Gasteiger partial charge in [-0.25, -0.2) is 4.98 Å². The highest BCUT2D eigenvalue weighted by Crippen LogP contribution is 2.33. The predicted octanol–water partition coefficient (Wildman–Crippen LogP) is 4.35. The van der Waals surface area contributed by atoms with Crippen molar-refractivity contribution in [2.45, 2.75) is 31.8 Å². The number of aryl methyl sites for hydroxylation is 1. The summed E-state index contributed by atoms with van der Waals surface area (Å²) in [6, 6.07) is 15.4. The Morgan fingerprint density at radius 1 is 1.27 bits per heavy atom. The van der Waals surface area contributed by atoms with E-state index in [4.69, 9.17) is 15.4 Å². The van der Waals surface area contributed by atoms with Crippen LogP contribution in [0.2, 0.25) is 0 Å². The Bertz CT molecular complexity index is 1240. The third kappa shape index (κ3) is 3.94. The van der Waals surface area contributed by atoms with Crippen LogP contribution >= 0.6 is 0 Å². The van der Waals surface area contributed by atoms with E-state index < -0.39 is 0 Å². The van der Waals surface area contributed by atoms with Gasteiger partial charge in [-0.3, -0.25) is 4.79 Å². The first-order chi connectivity index (χ1) is 16.1. The van der Waals surface area contributed by atoms with E-state index in [2.05, 4.69) is 16.0 Å². The molecule has 7 heteroatoms. The molecular formula is C26H25N5O2. The number of nitriles is 1. The molecule has 1 unspecified atom stereocenters. The topological polar surface area (TPSA) is 106 Å². The van der Waals surface area contributed by atoms with Gasteiger partial charge in [0.15, 0.2) is 0 Å². The molecule has 0 bridgehead atoms. The fourth-order valence-corrected chi connectivity index (χ4v) is 4.55. The van der Waals surface area contributed by atoms with E-state index in [1.807, 2.05) is 54.3 Å². The lowest BCUT2D eigenvalue weighted by atomic mass is 9.90. The minimum atomic E-state index is -0.0668. The van der Waals surface area contributed by atoms with Gasteiger partial charge in [-0.15, -0.1) is 0 Å². The number of hydrogen-bond donors (Lipinski definition) is 2. The highest BCUT2D eigenvalue weighted by atomic mass is 16.5. The van der Waals surface area contributed by atoms with Crippen LogP contribution in [0.3, 0.4) is 0 Å². The largest absolute Gasteiger partial charge is 0.370 e. The number of rotatable bonds is 5. The van der Waals surface area contributed by atoms with Crippen LogP contribution in [0.25, 0.3) is 11.3 Å². The molecular weight excluding hydrogens is 414 g/mol. The standard InChI is InChI=1S/C26H25N5O2/c1-16-4-7-19(26(32)31-14-20(15-31)18-8-5-17(12-27)6-9-18)11-21(16)24-22(13-28)29-25(30-24)23-3-2-10-33-23/h4-9,11,13,20,23,28H,2-3,10,14-15H2,1H3,(H,29,30). The van der Waals surface area contributed by atoms with Crippen LogP contribution in [0.15, 0.2) is 42.5 Å². The molecule has 1 aromatic heterocycles. The van der Waals surface area contributed by atoms with Crippen molar-refractivity contribution in [2.75, 3.05) is 19.7 Å². The summed E-state index contributed by atoms with van der Waals surface area (Å²) < 4.78 is 5.75. The van der Waals surface area contributed by atoms with E-state index in [0.29, 0.717) is 29.9 Å². The van der Waals surface area contributed by atoms with Crippen molar-refractivity contribution in [3.8, 4) is 17.3 Å². The summed E-state index contributed by atoms with van der Waals surface area (Å²) in [5, 5.41) is 16.8. The van der Waals surface area contributed by atoms with Crippen LogP contribution in [-0.4, -0.2) is 46.7 Å². The number of H-pyrrole nitrogens is 1. The number of likely N-dealkylation sites (tertiary alicyclic amines) is 1. The van der Waals surface area contributed by atoms with E-state index in [1.165, 1.54) is 6.21 Å². The van der Waals surface area contributed by atoms with Gasteiger partial charge in [0.2, 0.25) is 0 Å². The van der Waals surface area contributed by atoms with Gasteiger partial charge in [0.05, 0.1) is 17.3 Å². The summed E-state index contributed by atoms with van der Waals surface area (Å²) in [5.74, 6) is 1.03. The van der Waals surface area contributed by atoms with Gasteiger partial charge in [-0.1, -0.05) is 18.2 Å². The van der Waals surface area contributed by atoms with E-state index in [0.717, 1.165) is 47.7 Å².